The minimum atomic E-state index is -0.168. The Labute approximate surface area is 115 Å². The molecular weight excluding hydrogens is 240 g/mol. The average molecular weight is 266 g/mol. The number of aromatic nitrogens is 3. The Balaban J connectivity index is 2.05. The highest BCUT2D eigenvalue weighted by Gasteiger charge is 2.40. The van der Waals surface area contributed by atoms with Crippen molar-refractivity contribution in [1.29, 1.82) is 0 Å². The highest BCUT2D eigenvalue weighted by molar-refractivity contribution is 5.03. The van der Waals surface area contributed by atoms with E-state index in [1.165, 1.54) is 12.8 Å². The minimum absolute atomic E-state index is 0.00310. The quantitative estimate of drug-likeness (QED) is 0.880. The first-order valence-corrected chi connectivity index (χ1v) is 7.30. The molecule has 1 atom stereocenters. The summed E-state index contributed by atoms with van der Waals surface area (Å²) < 4.78 is 7.80. The summed E-state index contributed by atoms with van der Waals surface area (Å²) in [6.07, 6.45) is 7.20. The number of hydrogen-bond donors (Lipinski definition) is 1. The van der Waals surface area contributed by atoms with Gasteiger partial charge in [-0.05, 0) is 38.5 Å². The zero-order chi connectivity index (χ0) is 13.9. The molecule has 1 aliphatic rings. The van der Waals surface area contributed by atoms with Gasteiger partial charge >= 0.3 is 0 Å². The van der Waals surface area contributed by atoms with Gasteiger partial charge in [0, 0.05) is 32.3 Å². The lowest BCUT2D eigenvalue weighted by Gasteiger charge is -2.43. The summed E-state index contributed by atoms with van der Waals surface area (Å²) in [5, 5.41) is 8.10. The van der Waals surface area contributed by atoms with E-state index in [1.54, 1.807) is 4.68 Å². The maximum absolute atomic E-state index is 6.45. The minimum Gasteiger partial charge on any atom is -0.374 e. The smallest absolute Gasteiger partial charge is 0.0843 e. The Hall–Kier alpha value is -0.940. The fourth-order valence-corrected chi connectivity index (χ4v) is 3.06. The van der Waals surface area contributed by atoms with E-state index in [4.69, 9.17) is 10.5 Å². The fraction of sp³-hybridized carbons (Fsp3) is 0.857. The number of nitrogens with two attached hydrogens (primary N) is 1. The first-order chi connectivity index (χ1) is 9.05. The largest absolute Gasteiger partial charge is 0.374 e. The Bertz CT molecular complexity index is 396. The van der Waals surface area contributed by atoms with E-state index in [-0.39, 0.29) is 11.6 Å². The molecule has 2 rings (SSSR count). The van der Waals surface area contributed by atoms with Crippen LogP contribution in [0.5, 0.6) is 0 Å². The average Bonchev–Trinajstić information content (AvgIpc) is 2.78. The molecule has 1 fully saturated rings. The highest BCUT2D eigenvalue weighted by Crippen LogP contribution is 2.37. The molecule has 1 heterocycles. The van der Waals surface area contributed by atoms with Crippen molar-refractivity contribution in [3.63, 3.8) is 0 Å². The van der Waals surface area contributed by atoms with Gasteiger partial charge < -0.3 is 10.5 Å². The Morgan fingerprint density at radius 1 is 1.53 bits per heavy atom. The predicted octanol–water partition coefficient (Wildman–Crippen LogP) is 1.67. The van der Waals surface area contributed by atoms with E-state index in [2.05, 4.69) is 24.2 Å². The van der Waals surface area contributed by atoms with E-state index in [9.17, 15) is 0 Å². The summed E-state index contributed by atoms with van der Waals surface area (Å²) in [5.41, 5.74) is 7.24. The van der Waals surface area contributed by atoms with Gasteiger partial charge in [-0.2, -0.15) is 0 Å². The Morgan fingerprint density at radius 2 is 2.21 bits per heavy atom. The lowest BCUT2D eigenvalue weighted by atomic mass is 9.74. The molecule has 0 bridgehead atoms. The van der Waals surface area contributed by atoms with Crippen LogP contribution in [-0.4, -0.2) is 33.2 Å². The second kappa shape index (κ2) is 6.01. The second-order valence-corrected chi connectivity index (χ2v) is 5.87. The van der Waals surface area contributed by atoms with Gasteiger partial charge in [-0.25, -0.2) is 0 Å². The van der Waals surface area contributed by atoms with Crippen LogP contribution < -0.4 is 5.73 Å². The third-order valence-electron chi connectivity index (χ3n) is 4.31. The molecule has 108 valence electrons. The van der Waals surface area contributed by atoms with E-state index < -0.39 is 0 Å². The Morgan fingerprint density at radius 3 is 2.74 bits per heavy atom. The van der Waals surface area contributed by atoms with Gasteiger partial charge in [0.2, 0.25) is 0 Å². The van der Waals surface area contributed by atoms with Crippen LogP contribution in [0.3, 0.4) is 0 Å². The number of ether oxygens (including phenoxy) is 1. The van der Waals surface area contributed by atoms with E-state index in [1.807, 2.05) is 13.2 Å². The summed E-state index contributed by atoms with van der Waals surface area (Å²) in [6.45, 7) is 5.08. The molecule has 0 spiro atoms. The van der Waals surface area contributed by atoms with Crippen LogP contribution in [0.1, 0.15) is 45.2 Å². The van der Waals surface area contributed by atoms with Gasteiger partial charge in [-0.3, -0.25) is 4.68 Å². The first-order valence-electron chi connectivity index (χ1n) is 7.30. The molecule has 0 aliphatic heterocycles. The van der Waals surface area contributed by atoms with Crippen molar-refractivity contribution in [2.75, 3.05) is 6.61 Å². The van der Waals surface area contributed by atoms with Gasteiger partial charge in [-0.1, -0.05) is 12.1 Å². The van der Waals surface area contributed by atoms with E-state index >= 15 is 0 Å². The topological polar surface area (TPSA) is 66.0 Å². The number of aryl methyl sites for hydroxylation is 1. The SMILES string of the molecule is CCOC1(C(N)Cc2cn(C)nn2)CCC(C)CC1. The highest BCUT2D eigenvalue weighted by atomic mass is 16.5. The van der Waals surface area contributed by atoms with E-state index in [0.29, 0.717) is 0 Å². The van der Waals surface area contributed by atoms with Crippen molar-refractivity contribution in [2.45, 2.75) is 57.6 Å². The number of nitrogens with zero attached hydrogens (tertiary/aromatic N) is 3. The number of rotatable bonds is 5. The van der Waals surface area contributed by atoms with Gasteiger partial charge in [0.05, 0.1) is 11.3 Å². The third-order valence-corrected chi connectivity index (χ3v) is 4.31. The summed E-state index contributed by atoms with van der Waals surface area (Å²) in [6, 6.07) is -0.00310. The molecule has 5 nitrogen and oxygen atoms in total. The lowest BCUT2D eigenvalue weighted by Crippen LogP contribution is -2.53. The van der Waals surface area contributed by atoms with Crippen LogP contribution in [0.4, 0.5) is 0 Å². The maximum Gasteiger partial charge on any atom is 0.0843 e. The molecule has 2 N–H and O–H groups in total. The van der Waals surface area contributed by atoms with Crippen molar-refractivity contribution in [3.05, 3.63) is 11.9 Å². The van der Waals surface area contributed by atoms with Crippen LogP contribution in [0, 0.1) is 5.92 Å². The molecule has 19 heavy (non-hydrogen) atoms. The fourth-order valence-electron chi connectivity index (χ4n) is 3.06. The van der Waals surface area contributed by atoms with E-state index in [0.717, 1.165) is 37.5 Å². The van der Waals surface area contributed by atoms with Crippen LogP contribution in [0.2, 0.25) is 0 Å². The molecular formula is C14H26N4O. The summed E-state index contributed by atoms with van der Waals surface area (Å²) >= 11 is 0. The number of hydrogen-bond acceptors (Lipinski definition) is 4. The first kappa shape index (κ1) is 14.5. The molecule has 0 saturated heterocycles. The van der Waals surface area contributed by atoms with Crippen molar-refractivity contribution in [3.8, 4) is 0 Å². The molecule has 0 radical (unpaired) electrons. The summed E-state index contributed by atoms with van der Waals surface area (Å²) in [7, 11) is 1.88. The standard InChI is InChI=1S/C14H26N4O/c1-4-19-14(7-5-11(2)6-8-14)13(15)9-12-10-18(3)17-16-12/h10-11,13H,4-9,15H2,1-3H3. The zero-order valence-corrected chi connectivity index (χ0v) is 12.3. The van der Waals surface area contributed by atoms with Crippen molar-refractivity contribution in [1.82, 2.24) is 15.0 Å². The van der Waals surface area contributed by atoms with Crippen LogP contribution in [-0.2, 0) is 18.2 Å². The summed E-state index contributed by atoms with van der Waals surface area (Å²) in [4.78, 5) is 0. The van der Waals surface area contributed by atoms with Gasteiger partial charge in [0.1, 0.15) is 0 Å². The van der Waals surface area contributed by atoms with Crippen LogP contribution in [0.15, 0.2) is 6.20 Å². The third kappa shape index (κ3) is 3.34. The van der Waals surface area contributed by atoms with Gasteiger partial charge in [0.25, 0.3) is 0 Å². The van der Waals surface area contributed by atoms with Crippen molar-refractivity contribution in [2.24, 2.45) is 18.7 Å². The van der Waals surface area contributed by atoms with Crippen molar-refractivity contribution >= 4 is 0 Å². The van der Waals surface area contributed by atoms with Gasteiger partial charge in [-0.15, -0.1) is 5.10 Å². The van der Waals surface area contributed by atoms with Crippen LogP contribution >= 0.6 is 0 Å². The van der Waals surface area contributed by atoms with Crippen molar-refractivity contribution < 1.29 is 4.74 Å². The molecule has 5 heteroatoms. The van der Waals surface area contributed by atoms with Gasteiger partial charge in [0.15, 0.2) is 0 Å². The summed E-state index contributed by atoms with van der Waals surface area (Å²) in [5.74, 6) is 0.789. The second-order valence-electron chi connectivity index (χ2n) is 5.87. The molecule has 1 unspecified atom stereocenters. The monoisotopic (exact) mass is 266 g/mol. The molecule has 1 aromatic rings. The molecule has 0 amide bonds. The molecule has 0 aromatic carbocycles. The maximum atomic E-state index is 6.45. The lowest BCUT2D eigenvalue weighted by molar-refractivity contribution is -0.0885. The Kier molecular flexibility index (Phi) is 4.58. The normalized spacial score (nSPS) is 29.4. The predicted molar refractivity (Wildman–Crippen MR) is 74.7 cm³/mol. The molecule has 1 aliphatic carbocycles. The molecule has 1 aromatic heterocycles. The van der Waals surface area contributed by atoms with Crippen LogP contribution in [0.25, 0.3) is 0 Å². The molecule has 1 saturated carbocycles. The zero-order valence-electron chi connectivity index (χ0n) is 12.3.